The van der Waals surface area contributed by atoms with Gasteiger partial charge in [-0.05, 0) is 24.3 Å². The number of anilines is 1. The van der Waals surface area contributed by atoms with Gasteiger partial charge in [0.2, 0.25) is 0 Å². The van der Waals surface area contributed by atoms with Crippen LogP contribution in [0.4, 0.5) is 10.1 Å². The molecule has 0 unspecified atom stereocenters. The van der Waals surface area contributed by atoms with Crippen LogP contribution in [0.2, 0.25) is 0 Å². The van der Waals surface area contributed by atoms with Gasteiger partial charge in [-0.15, -0.1) is 0 Å². The summed E-state index contributed by atoms with van der Waals surface area (Å²) in [5.41, 5.74) is 2.05. The van der Waals surface area contributed by atoms with E-state index in [0.717, 1.165) is 17.2 Å². The van der Waals surface area contributed by atoms with Crippen LogP contribution < -0.4 is 5.32 Å². The minimum atomic E-state index is -0.571. The number of fused-ring (bicyclic) bond motifs is 1. The summed E-state index contributed by atoms with van der Waals surface area (Å²) < 4.78 is 13.4. The predicted molar refractivity (Wildman–Crippen MR) is 68.2 cm³/mol. The molecule has 0 saturated heterocycles. The van der Waals surface area contributed by atoms with Gasteiger partial charge in [0.25, 0.3) is 5.91 Å². The lowest BCUT2D eigenvalue weighted by atomic mass is 10.2. The summed E-state index contributed by atoms with van der Waals surface area (Å²) in [7, 11) is 0. The maximum Gasteiger partial charge on any atom is 0.255 e. The van der Waals surface area contributed by atoms with Gasteiger partial charge in [-0.3, -0.25) is 9.78 Å². The zero-order valence-electron chi connectivity index (χ0n) is 9.72. The van der Waals surface area contributed by atoms with Gasteiger partial charge in [0, 0.05) is 11.8 Å². The minimum absolute atomic E-state index is 0.102. The Bertz CT molecular complexity index is 753. The number of amides is 1. The number of rotatable bonds is 2. The summed E-state index contributed by atoms with van der Waals surface area (Å²) >= 11 is 0. The molecule has 1 amide bonds. The van der Waals surface area contributed by atoms with E-state index >= 15 is 0 Å². The lowest BCUT2D eigenvalue weighted by molar-refractivity contribution is 0.102. The van der Waals surface area contributed by atoms with E-state index in [1.807, 2.05) is 0 Å². The summed E-state index contributed by atoms with van der Waals surface area (Å²) in [5, 5.41) is 2.50. The first kappa shape index (κ1) is 11.3. The number of hydrogen-bond donors (Lipinski definition) is 2. The number of pyridine rings is 1. The van der Waals surface area contributed by atoms with E-state index in [9.17, 15) is 9.18 Å². The van der Waals surface area contributed by atoms with E-state index in [1.165, 1.54) is 12.3 Å². The van der Waals surface area contributed by atoms with Gasteiger partial charge in [0.05, 0.1) is 29.2 Å². The van der Waals surface area contributed by atoms with Crippen molar-refractivity contribution in [3.63, 3.8) is 0 Å². The fourth-order valence-corrected chi connectivity index (χ4v) is 1.75. The number of nitrogens with zero attached hydrogens (tertiary/aromatic N) is 2. The smallest absolute Gasteiger partial charge is 0.255 e. The van der Waals surface area contributed by atoms with Gasteiger partial charge in [-0.2, -0.15) is 0 Å². The Kier molecular flexibility index (Phi) is 2.68. The Morgan fingerprint density at radius 1 is 1.32 bits per heavy atom. The van der Waals surface area contributed by atoms with Crippen molar-refractivity contribution in [1.82, 2.24) is 15.0 Å². The quantitative estimate of drug-likeness (QED) is 0.739. The Labute approximate surface area is 107 Å². The monoisotopic (exact) mass is 256 g/mol. The topological polar surface area (TPSA) is 70.7 Å². The van der Waals surface area contributed by atoms with Crippen LogP contribution in [-0.2, 0) is 0 Å². The van der Waals surface area contributed by atoms with Gasteiger partial charge < -0.3 is 10.3 Å². The summed E-state index contributed by atoms with van der Waals surface area (Å²) in [6.45, 7) is 0. The first-order chi connectivity index (χ1) is 9.24. The van der Waals surface area contributed by atoms with E-state index in [-0.39, 0.29) is 11.6 Å². The van der Waals surface area contributed by atoms with Gasteiger partial charge in [-0.1, -0.05) is 0 Å². The molecule has 0 radical (unpaired) electrons. The van der Waals surface area contributed by atoms with Crippen LogP contribution in [0, 0.1) is 5.82 Å². The zero-order chi connectivity index (χ0) is 13.2. The third kappa shape index (κ3) is 2.15. The average Bonchev–Trinajstić information content (AvgIpc) is 2.88. The van der Waals surface area contributed by atoms with Crippen LogP contribution in [0.1, 0.15) is 10.4 Å². The van der Waals surface area contributed by atoms with E-state index in [1.54, 1.807) is 24.5 Å². The molecule has 0 fully saturated rings. The fourth-order valence-electron chi connectivity index (χ4n) is 1.75. The third-order valence-electron chi connectivity index (χ3n) is 2.70. The number of halogens is 1. The second-order valence-electron chi connectivity index (χ2n) is 3.94. The molecular weight excluding hydrogens is 247 g/mol. The summed E-state index contributed by atoms with van der Waals surface area (Å²) in [6.07, 6.45) is 4.01. The third-order valence-corrected chi connectivity index (χ3v) is 2.70. The van der Waals surface area contributed by atoms with Crippen molar-refractivity contribution in [1.29, 1.82) is 0 Å². The molecule has 0 atom stereocenters. The first-order valence-electron chi connectivity index (χ1n) is 5.58. The number of aromatic amines is 1. The number of nitrogens with one attached hydrogen (secondary N) is 2. The van der Waals surface area contributed by atoms with E-state index in [2.05, 4.69) is 20.3 Å². The molecule has 2 aromatic heterocycles. The highest BCUT2D eigenvalue weighted by atomic mass is 19.1. The van der Waals surface area contributed by atoms with E-state index < -0.39 is 5.82 Å². The standard InChI is InChI=1S/C13H9FN4O/c14-9-6-15-4-3-10(9)18-13(19)8-1-2-11-12(5-8)17-7-16-11/h1-7H,(H,16,17)(H,15,18,19). The van der Waals surface area contributed by atoms with Crippen molar-refractivity contribution in [3.05, 3.63) is 54.4 Å². The molecule has 1 aromatic carbocycles. The Morgan fingerprint density at radius 2 is 2.21 bits per heavy atom. The van der Waals surface area contributed by atoms with Crippen LogP contribution in [0.15, 0.2) is 43.0 Å². The van der Waals surface area contributed by atoms with Gasteiger partial charge in [0.1, 0.15) is 0 Å². The molecule has 0 aliphatic rings. The Balaban J connectivity index is 1.89. The maximum absolute atomic E-state index is 13.4. The number of H-pyrrole nitrogens is 1. The average molecular weight is 256 g/mol. The molecule has 2 heterocycles. The largest absolute Gasteiger partial charge is 0.345 e. The number of carbonyl (C=O) groups is 1. The van der Waals surface area contributed by atoms with Crippen molar-refractivity contribution >= 4 is 22.6 Å². The second-order valence-corrected chi connectivity index (χ2v) is 3.94. The normalized spacial score (nSPS) is 10.6. The molecule has 0 aliphatic heterocycles. The molecule has 5 nitrogen and oxygen atoms in total. The lowest BCUT2D eigenvalue weighted by Gasteiger charge is -2.05. The fraction of sp³-hybridized carbons (Fsp3) is 0. The predicted octanol–water partition coefficient (Wildman–Crippen LogP) is 2.35. The van der Waals surface area contributed by atoms with Crippen LogP contribution in [-0.4, -0.2) is 20.9 Å². The molecule has 3 rings (SSSR count). The number of imidazole rings is 1. The number of benzene rings is 1. The van der Waals surface area contributed by atoms with Gasteiger partial charge in [-0.25, -0.2) is 9.37 Å². The SMILES string of the molecule is O=C(Nc1ccncc1F)c1ccc2nc[nH]c2c1. The second kappa shape index (κ2) is 4.49. The Hall–Kier alpha value is -2.76. The molecular formula is C13H9FN4O. The number of hydrogen-bond acceptors (Lipinski definition) is 3. The molecule has 94 valence electrons. The van der Waals surface area contributed by atoms with Gasteiger partial charge in [0.15, 0.2) is 5.82 Å². The summed E-state index contributed by atoms with van der Waals surface area (Å²) in [5.74, 6) is -0.958. The highest BCUT2D eigenvalue weighted by Crippen LogP contribution is 2.15. The lowest BCUT2D eigenvalue weighted by Crippen LogP contribution is -2.13. The van der Waals surface area contributed by atoms with E-state index in [4.69, 9.17) is 0 Å². The van der Waals surface area contributed by atoms with Gasteiger partial charge >= 0.3 is 0 Å². The molecule has 0 bridgehead atoms. The first-order valence-corrected chi connectivity index (χ1v) is 5.58. The van der Waals surface area contributed by atoms with Crippen molar-refractivity contribution in [3.8, 4) is 0 Å². The number of carbonyl (C=O) groups excluding carboxylic acids is 1. The van der Waals surface area contributed by atoms with Crippen molar-refractivity contribution in [2.75, 3.05) is 5.32 Å². The highest BCUT2D eigenvalue weighted by molar-refractivity contribution is 6.05. The summed E-state index contributed by atoms with van der Waals surface area (Å²) in [4.78, 5) is 22.6. The zero-order valence-corrected chi connectivity index (χ0v) is 9.72. The highest BCUT2D eigenvalue weighted by Gasteiger charge is 2.10. The summed E-state index contributed by atoms with van der Waals surface area (Å²) in [6, 6.07) is 6.43. The maximum atomic E-state index is 13.4. The van der Waals surface area contributed by atoms with Crippen LogP contribution >= 0.6 is 0 Å². The molecule has 19 heavy (non-hydrogen) atoms. The molecule has 2 N–H and O–H groups in total. The number of aromatic nitrogens is 3. The molecule has 0 saturated carbocycles. The van der Waals surface area contributed by atoms with Crippen LogP contribution in [0.3, 0.4) is 0 Å². The molecule has 3 aromatic rings. The minimum Gasteiger partial charge on any atom is -0.345 e. The Morgan fingerprint density at radius 3 is 3.05 bits per heavy atom. The van der Waals surface area contributed by atoms with Crippen molar-refractivity contribution in [2.24, 2.45) is 0 Å². The van der Waals surface area contributed by atoms with Crippen molar-refractivity contribution < 1.29 is 9.18 Å². The van der Waals surface area contributed by atoms with E-state index in [0.29, 0.717) is 5.56 Å². The molecule has 0 spiro atoms. The van der Waals surface area contributed by atoms with Crippen molar-refractivity contribution in [2.45, 2.75) is 0 Å². The molecule has 6 heteroatoms. The molecule has 0 aliphatic carbocycles. The van der Waals surface area contributed by atoms with Crippen LogP contribution in [0.5, 0.6) is 0 Å². The van der Waals surface area contributed by atoms with Crippen LogP contribution in [0.25, 0.3) is 11.0 Å².